The second-order valence-corrected chi connectivity index (χ2v) is 14.6. The van der Waals surface area contributed by atoms with Crippen LogP contribution in [0.5, 0.6) is 0 Å². The fraction of sp³-hybridized carbons (Fsp3) is 0.674. The van der Waals surface area contributed by atoms with Crippen LogP contribution < -0.4 is 0 Å². The largest absolute Gasteiger partial charge is 0.469 e. The number of allylic oxidation sites excluding steroid dienone is 11. The van der Waals surface area contributed by atoms with Gasteiger partial charge in [0, 0.05) is 12.8 Å². The number of esters is 2. The highest BCUT2D eigenvalue weighted by molar-refractivity contribution is 7.46. The molecule has 0 aliphatic heterocycles. The van der Waals surface area contributed by atoms with Gasteiger partial charge in [-0.15, -0.1) is 6.58 Å². The standard InChI is InChI=1S/C43H73O8P/c1-3-5-7-9-11-13-15-17-19-20-21-22-24-26-28-30-32-34-36-38-43(45)51-41(40-50-52(46,47)48)39-49-42(44)37-35-33-31-29-27-25-23-18-16-14-12-10-8-6-4-2/h4,11,13,17,19,21-22,26,28,32,34,41H,2-3,5-10,12,14-16,18,20,23-25,27,29-31,33,35-40H2,1H3,(H2,46,47,48)/b13-11+,19-17+,22-21+,28-26+,34-32+/t41-/m1/s1. The topological polar surface area (TPSA) is 119 Å². The Balaban J connectivity index is 4.07. The fourth-order valence-corrected chi connectivity index (χ4v) is 5.70. The first-order chi connectivity index (χ1) is 25.3. The van der Waals surface area contributed by atoms with Crippen molar-refractivity contribution in [3.63, 3.8) is 0 Å². The van der Waals surface area contributed by atoms with Crippen molar-refractivity contribution in [1.82, 2.24) is 0 Å². The molecule has 0 rings (SSSR count). The molecule has 0 spiro atoms. The van der Waals surface area contributed by atoms with E-state index in [2.05, 4.69) is 66.6 Å². The highest BCUT2D eigenvalue weighted by atomic mass is 31.2. The van der Waals surface area contributed by atoms with E-state index in [9.17, 15) is 14.2 Å². The summed E-state index contributed by atoms with van der Waals surface area (Å²) in [5.41, 5.74) is 0. The first-order valence-electron chi connectivity index (χ1n) is 20.2. The van der Waals surface area contributed by atoms with Gasteiger partial charge in [0.15, 0.2) is 6.10 Å². The molecule has 0 saturated heterocycles. The predicted molar refractivity (Wildman–Crippen MR) is 216 cm³/mol. The van der Waals surface area contributed by atoms with Gasteiger partial charge >= 0.3 is 19.8 Å². The quantitative estimate of drug-likeness (QED) is 0.0279. The first kappa shape index (κ1) is 49.5. The van der Waals surface area contributed by atoms with Crippen LogP contribution in [0, 0.1) is 0 Å². The van der Waals surface area contributed by atoms with E-state index in [1.807, 2.05) is 18.2 Å². The Labute approximate surface area is 317 Å². The number of hydrogen-bond donors (Lipinski definition) is 2. The smallest absolute Gasteiger partial charge is 0.462 e. The van der Waals surface area contributed by atoms with Crippen molar-refractivity contribution >= 4 is 19.8 Å². The molecule has 0 aliphatic carbocycles. The van der Waals surface area contributed by atoms with Crippen LogP contribution in [0.3, 0.4) is 0 Å². The number of hydrogen-bond acceptors (Lipinski definition) is 6. The second kappa shape index (κ2) is 38.2. The summed E-state index contributed by atoms with van der Waals surface area (Å²) < 4.78 is 26.3. The average molecular weight is 749 g/mol. The van der Waals surface area contributed by atoms with Gasteiger partial charge in [0.05, 0.1) is 6.61 Å². The Bertz CT molecular complexity index is 1060. The summed E-state index contributed by atoms with van der Waals surface area (Å²) in [5, 5.41) is 0. The maximum atomic E-state index is 12.4. The molecule has 0 aromatic rings. The normalized spacial score (nSPS) is 13.0. The third kappa shape index (κ3) is 40.3. The van der Waals surface area contributed by atoms with Crippen LogP contribution in [-0.2, 0) is 28.2 Å². The number of phosphoric acid groups is 1. The lowest BCUT2D eigenvalue weighted by Crippen LogP contribution is -2.29. The van der Waals surface area contributed by atoms with Gasteiger partial charge < -0.3 is 19.3 Å². The number of phosphoric ester groups is 1. The van der Waals surface area contributed by atoms with Gasteiger partial charge in [-0.3, -0.25) is 14.1 Å². The molecule has 8 nitrogen and oxygen atoms in total. The molecule has 0 aromatic heterocycles. The molecule has 0 bridgehead atoms. The van der Waals surface area contributed by atoms with E-state index in [1.54, 1.807) is 0 Å². The van der Waals surface area contributed by atoms with Gasteiger partial charge in [-0.2, -0.15) is 0 Å². The molecule has 0 unspecified atom stereocenters. The van der Waals surface area contributed by atoms with Crippen molar-refractivity contribution in [3.8, 4) is 0 Å². The summed E-state index contributed by atoms with van der Waals surface area (Å²) in [6.45, 7) is 5.10. The van der Waals surface area contributed by atoms with E-state index >= 15 is 0 Å². The minimum Gasteiger partial charge on any atom is -0.462 e. The van der Waals surface area contributed by atoms with Crippen LogP contribution in [0.4, 0.5) is 0 Å². The molecule has 0 aliphatic rings. The van der Waals surface area contributed by atoms with Crippen molar-refractivity contribution in [3.05, 3.63) is 73.4 Å². The van der Waals surface area contributed by atoms with Crippen LogP contribution >= 0.6 is 7.82 Å². The summed E-state index contributed by atoms with van der Waals surface area (Å²) in [6, 6.07) is 0. The summed E-state index contributed by atoms with van der Waals surface area (Å²) >= 11 is 0. The third-order valence-corrected chi connectivity index (χ3v) is 8.84. The average Bonchev–Trinajstić information content (AvgIpc) is 3.11. The summed E-state index contributed by atoms with van der Waals surface area (Å²) in [6.07, 6.45) is 48.1. The molecule has 0 heterocycles. The predicted octanol–water partition coefficient (Wildman–Crippen LogP) is 12.3. The van der Waals surface area contributed by atoms with Crippen LogP contribution in [-0.4, -0.2) is 41.0 Å². The van der Waals surface area contributed by atoms with E-state index in [0.29, 0.717) is 12.8 Å². The minimum absolute atomic E-state index is 0.0852. The number of carbonyl (C=O) groups excluding carboxylic acids is 2. The highest BCUT2D eigenvalue weighted by Gasteiger charge is 2.22. The van der Waals surface area contributed by atoms with Gasteiger partial charge in [0.2, 0.25) is 0 Å². The van der Waals surface area contributed by atoms with Crippen molar-refractivity contribution in [2.45, 2.75) is 174 Å². The van der Waals surface area contributed by atoms with Crippen LogP contribution in [0.2, 0.25) is 0 Å². The van der Waals surface area contributed by atoms with Crippen molar-refractivity contribution < 1.29 is 37.9 Å². The fourth-order valence-electron chi connectivity index (χ4n) is 5.33. The molecular weight excluding hydrogens is 675 g/mol. The monoisotopic (exact) mass is 749 g/mol. The maximum Gasteiger partial charge on any atom is 0.469 e. The molecule has 298 valence electrons. The molecular formula is C43H73O8P. The molecule has 1 atom stereocenters. The Morgan fingerprint density at radius 1 is 0.558 bits per heavy atom. The van der Waals surface area contributed by atoms with E-state index < -0.39 is 32.5 Å². The third-order valence-electron chi connectivity index (χ3n) is 8.36. The summed E-state index contributed by atoms with van der Waals surface area (Å²) in [7, 11) is -4.78. The van der Waals surface area contributed by atoms with Gasteiger partial charge in [-0.25, -0.2) is 4.57 Å². The van der Waals surface area contributed by atoms with E-state index in [1.165, 1.54) is 83.5 Å². The van der Waals surface area contributed by atoms with Crippen molar-refractivity contribution in [1.29, 1.82) is 0 Å². The van der Waals surface area contributed by atoms with Gasteiger partial charge in [-0.1, -0.05) is 157 Å². The first-order valence-corrected chi connectivity index (χ1v) is 21.7. The lowest BCUT2D eigenvalue weighted by molar-refractivity contribution is -0.161. The van der Waals surface area contributed by atoms with E-state index in [-0.39, 0.29) is 19.4 Å². The zero-order chi connectivity index (χ0) is 38.2. The lowest BCUT2D eigenvalue weighted by atomic mass is 10.0. The maximum absolute atomic E-state index is 12.4. The molecule has 0 amide bonds. The van der Waals surface area contributed by atoms with Gasteiger partial charge in [0.1, 0.15) is 6.61 Å². The van der Waals surface area contributed by atoms with Gasteiger partial charge in [-0.05, 0) is 64.2 Å². The van der Waals surface area contributed by atoms with Crippen molar-refractivity contribution in [2.24, 2.45) is 0 Å². The molecule has 0 fully saturated rings. The Morgan fingerprint density at radius 3 is 1.48 bits per heavy atom. The summed E-state index contributed by atoms with van der Waals surface area (Å²) in [4.78, 5) is 42.7. The SMILES string of the molecule is C=CCCCCCCCCCCCCCCCC(=O)OC[C@H](COP(=O)(O)O)OC(=O)CC/C=C/C/C=C/C/C=C/C/C=C/C/C=C/CCCCC. The number of ether oxygens (including phenoxy) is 2. The number of carbonyl (C=O) groups is 2. The Kier molecular flexibility index (Phi) is 36.4. The molecule has 52 heavy (non-hydrogen) atoms. The highest BCUT2D eigenvalue weighted by Crippen LogP contribution is 2.36. The van der Waals surface area contributed by atoms with Crippen molar-refractivity contribution in [2.75, 3.05) is 13.2 Å². The van der Waals surface area contributed by atoms with Crippen LogP contribution in [0.1, 0.15) is 167 Å². The Morgan fingerprint density at radius 2 is 1.00 bits per heavy atom. The molecule has 2 N–H and O–H groups in total. The van der Waals surface area contributed by atoms with E-state index in [0.717, 1.165) is 51.4 Å². The molecule has 0 saturated carbocycles. The molecule has 0 radical (unpaired) electrons. The Hall–Kier alpha value is -2.51. The second-order valence-electron chi connectivity index (χ2n) is 13.3. The summed E-state index contributed by atoms with van der Waals surface area (Å²) in [5.74, 6) is -0.988. The lowest BCUT2D eigenvalue weighted by Gasteiger charge is -2.18. The van der Waals surface area contributed by atoms with Crippen LogP contribution in [0.15, 0.2) is 73.4 Å². The van der Waals surface area contributed by atoms with Gasteiger partial charge in [0.25, 0.3) is 0 Å². The zero-order valence-electron chi connectivity index (χ0n) is 32.5. The number of rotatable bonds is 37. The molecule has 9 heteroatoms. The zero-order valence-corrected chi connectivity index (χ0v) is 33.4. The van der Waals surface area contributed by atoms with E-state index in [4.69, 9.17) is 19.3 Å². The minimum atomic E-state index is -4.78. The van der Waals surface area contributed by atoms with Crippen LogP contribution in [0.25, 0.3) is 0 Å². The molecule has 0 aromatic carbocycles. The number of unbranched alkanes of at least 4 members (excludes halogenated alkanes) is 16.